The summed E-state index contributed by atoms with van der Waals surface area (Å²) in [6.07, 6.45) is 0.127. The molecule has 0 aliphatic heterocycles. The molecule has 0 heterocycles. The van der Waals surface area contributed by atoms with Crippen LogP contribution in [0.1, 0.15) is 37.4 Å². The van der Waals surface area contributed by atoms with E-state index in [0.717, 1.165) is 23.3 Å². The van der Waals surface area contributed by atoms with Gasteiger partial charge in [-0.1, -0.05) is 66.7 Å². The summed E-state index contributed by atoms with van der Waals surface area (Å²) < 4.78 is 37.7. The zero-order valence-electron chi connectivity index (χ0n) is 21.4. The van der Waals surface area contributed by atoms with Crippen LogP contribution in [-0.2, 0) is 29.1 Å². The van der Waals surface area contributed by atoms with Gasteiger partial charge in [0, 0.05) is 18.3 Å². The number of benzene rings is 4. The molecule has 0 fully saturated rings. The SMILES string of the molecule is O=C(NCCc1ccc(F)cc1F)Nc1cc(C(=O)OCc2ccccc2)cc(C(=O)OCc2ccccc2)c1. The molecule has 0 atom stereocenters. The number of rotatable bonds is 10. The number of carbonyl (C=O) groups is 3. The van der Waals surface area contributed by atoms with Gasteiger partial charge in [0.1, 0.15) is 24.8 Å². The summed E-state index contributed by atoms with van der Waals surface area (Å²) in [4.78, 5) is 38.2. The van der Waals surface area contributed by atoms with Crippen molar-refractivity contribution in [1.29, 1.82) is 0 Å². The molecule has 4 aromatic carbocycles. The van der Waals surface area contributed by atoms with Crippen LogP contribution in [0.15, 0.2) is 97.1 Å². The van der Waals surface area contributed by atoms with Crippen LogP contribution < -0.4 is 10.6 Å². The highest BCUT2D eigenvalue weighted by Gasteiger charge is 2.17. The smallest absolute Gasteiger partial charge is 0.338 e. The quantitative estimate of drug-likeness (QED) is 0.237. The van der Waals surface area contributed by atoms with Crippen LogP contribution >= 0.6 is 0 Å². The van der Waals surface area contributed by atoms with Crippen molar-refractivity contribution >= 4 is 23.7 Å². The van der Waals surface area contributed by atoms with E-state index in [0.29, 0.717) is 0 Å². The minimum atomic E-state index is -0.706. The molecule has 0 saturated carbocycles. The molecular weight excluding hydrogens is 518 g/mol. The number of anilines is 1. The fourth-order valence-corrected chi connectivity index (χ4v) is 3.76. The third-order valence-corrected chi connectivity index (χ3v) is 5.78. The first-order valence-electron chi connectivity index (χ1n) is 12.4. The number of ether oxygens (including phenoxy) is 2. The van der Waals surface area contributed by atoms with Crippen molar-refractivity contribution in [2.24, 2.45) is 0 Å². The molecule has 0 aliphatic rings. The van der Waals surface area contributed by atoms with E-state index in [2.05, 4.69) is 10.6 Å². The van der Waals surface area contributed by atoms with Crippen molar-refractivity contribution in [3.05, 3.63) is 137 Å². The second kappa shape index (κ2) is 13.7. The zero-order valence-corrected chi connectivity index (χ0v) is 21.4. The molecule has 0 aromatic heterocycles. The molecule has 0 bridgehead atoms. The van der Waals surface area contributed by atoms with Gasteiger partial charge in [0.15, 0.2) is 0 Å². The summed E-state index contributed by atoms with van der Waals surface area (Å²) in [6.45, 7) is 0.0935. The Morgan fingerprint density at radius 3 is 1.75 bits per heavy atom. The molecule has 0 aliphatic carbocycles. The van der Waals surface area contributed by atoms with Crippen molar-refractivity contribution in [1.82, 2.24) is 5.32 Å². The third kappa shape index (κ3) is 8.22. The van der Waals surface area contributed by atoms with Gasteiger partial charge in [-0.3, -0.25) is 0 Å². The molecule has 40 heavy (non-hydrogen) atoms. The van der Waals surface area contributed by atoms with Crippen LogP contribution in [0, 0.1) is 11.6 Å². The number of carbonyl (C=O) groups excluding carboxylic acids is 3. The summed E-state index contributed by atoms with van der Waals surface area (Å²) in [5.41, 5.74) is 2.02. The molecule has 9 heteroatoms. The van der Waals surface area contributed by atoms with E-state index in [1.165, 1.54) is 24.3 Å². The highest BCUT2D eigenvalue weighted by atomic mass is 19.1. The minimum Gasteiger partial charge on any atom is -0.457 e. The standard InChI is InChI=1S/C31H26F2N2O5/c32-26-12-11-23(28(33)18-26)13-14-34-31(38)35-27-16-24(29(36)39-19-21-7-3-1-4-8-21)15-25(17-27)30(37)40-20-22-9-5-2-6-10-22/h1-12,15-18H,13-14,19-20H2,(H2,34,35,38). The molecule has 0 unspecified atom stereocenters. The number of hydrogen-bond donors (Lipinski definition) is 2. The molecule has 204 valence electrons. The number of hydrogen-bond acceptors (Lipinski definition) is 5. The lowest BCUT2D eigenvalue weighted by molar-refractivity contribution is 0.0470. The van der Waals surface area contributed by atoms with Crippen LogP contribution in [-0.4, -0.2) is 24.5 Å². The highest BCUT2D eigenvalue weighted by Crippen LogP contribution is 2.19. The van der Waals surface area contributed by atoms with Crippen molar-refractivity contribution in [2.45, 2.75) is 19.6 Å². The lowest BCUT2D eigenvalue weighted by Crippen LogP contribution is -2.30. The van der Waals surface area contributed by atoms with Crippen molar-refractivity contribution in [2.75, 3.05) is 11.9 Å². The van der Waals surface area contributed by atoms with Gasteiger partial charge >= 0.3 is 18.0 Å². The summed E-state index contributed by atoms with van der Waals surface area (Å²) in [7, 11) is 0. The fraction of sp³-hybridized carbons (Fsp3) is 0.129. The molecule has 2 N–H and O–H groups in total. The first-order valence-corrected chi connectivity index (χ1v) is 12.4. The topological polar surface area (TPSA) is 93.7 Å². The third-order valence-electron chi connectivity index (χ3n) is 5.78. The summed E-state index contributed by atoms with van der Waals surface area (Å²) in [5.74, 6) is -2.79. The Balaban J connectivity index is 1.44. The van der Waals surface area contributed by atoms with Crippen LogP contribution in [0.5, 0.6) is 0 Å². The van der Waals surface area contributed by atoms with Crippen molar-refractivity contribution < 1.29 is 32.6 Å². The first-order chi connectivity index (χ1) is 19.4. The molecule has 0 saturated heterocycles. The summed E-state index contributed by atoms with van der Waals surface area (Å²) in [5, 5.41) is 5.14. The molecule has 0 radical (unpaired) electrons. The second-order valence-corrected chi connectivity index (χ2v) is 8.79. The maximum absolute atomic E-state index is 13.8. The van der Waals surface area contributed by atoms with E-state index >= 15 is 0 Å². The Labute approximate surface area is 229 Å². The van der Waals surface area contributed by atoms with Crippen LogP contribution in [0.25, 0.3) is 0 Å². The highest BCUT2D eigenvalue weighted by molar-refractivity contribution is 5.99. The van der Waals surface area contributed by atoms with Crippen LogP contribution in [0.2, 0.25) is 0 Å². The number of halogens is 2. The van der Waals surface area contributed by atoms with Gasteiger partial charge < -0.3 is 20.1 Å². The van der Waals surface area contributed by atoms with E-state index < -0.39 is 29.6 Å². The van der Waals surface area contributed by atoms with E-state index in [4.69, 9.17) is 9.47 Å². The van der Waals surface area contributed by atoms with E-state index in [1.54, 1.807) is 24.3 Å². The van der Waals surface area contributed by atoms with Gasteiger partial charge in [0.2, 0.25) is 0 Å². The Bertz CT molecular complexity index is 1410. The van der Waals surface area contributed by atoms with Gasteiger partial charge in [-0.05, 0) is 47.4 Å². The van der Waals surface area contributed by atoms with Gasteiger partial charge in [0.05, 0.1) is 11.1 Å². The molecule has 4 aromatic rings. The summed E-state index contributed by atoms with van der Waals surface area (Å²) >= 11 is 0. The molecule has 0 spiro atoms. The van der Waals surface area contributed by atoms with E-state index in [9.17, 15) is 23.2 Å². The normalized spacial score (nSPS) is 10.4. The maximum atomic E-state index is 13.8. The predicted octanol–water partition coefficient (Wildman–Crippen LogP) is 6.04. The van der Waals surface area contributed by atoms with E-state index in [-0.39, 0.29) is 48.6 Å². The Morgan fingerprint density at radius 1 is 0.675 bits per heavy atom. The average Bonchev–Trinajstić information content (AvgIpc) is 2.96. The van der Waals surface area contributed by atoms with E-state index in [1.807, 2.05) is 36.4 Å². The monoisotopic (exact) mass is 544 g/mol. The van der Waals surface area contributed by atoms with Crippen molar-refractivity contribution in [3.63, 3.8) is 0 Å². The van der Waals surface area contributed by atoms with Crippen LogP contribution in [0.3, 0.4) is 0 Å². The number of amides is 2. The Hall–Kier alpha value is -5.05. The van der Waals surface area contributed by atoms with Crippen LogP contribution in [0.4, 0.5) is 19.3 Å². The predicted molar refractivity (Wildman–Crippen MR) is 145 cm³/mol. The van der Waals surface area contributed by atoms with Gasteiger partial charge in [-0.2, -0.15) is 0 Å². The average molecular weight is 545 g/mol. The zero-order chi connectivity index (χ0) is 28.3. The van der Waals surface area contributed by atoms with Gasteiger partial charge in [-0.25, -0.2) is 23.2 Å². The number of nitrogens with one attached hydrogen (secondary N) is 2. The Morgan fingerprint density at radius 2 is 1.23 bits per heavy atom. The van der Waals surface area contributed by atoms with Gasteiger partial charge in [-0.15, -0.1) is 0 Å². The Kier molecular flexibility index (Phi) is 9.55. The lowest BCUT2D eigenvalue weighted by atomic mass is 10.1. The number of urea groups is 1. The number of esters is 2. The molecule has 4 rings (SSSR count). The van der Waals surface area contributed by atoms with Gasteiger partial charge in [0.25, 0.3) is 0 Å². The second-order valence-electron chi connectivity index (χ2n) is 8.79. The maximum Gasteiger partial charge on any atom is 0.338 e. The van der Waals surface area contributed by atoms with Crippen molar-refractivity contribution in [3.8, 4) is 0 Å². The largest absolute Gasteiger partial charge is 0.457 e. The molecule has 7 nitrogen and oxygen atoms in total. The lowest BCUT2D eigenvalue weighted by Gasteiger charge is -2.12. The fourth-order valence-electron chi connectivity index (χ4n) is 3.76. The molecule has 2 amide bonds. The molecular formula is C31H26F2N2O5. The first kappa shape index (κ1) is 28.0. The summed E-state index contributed by atoms with van der Waals surface area (Å²) in [6, 6.07) is 24.8. The minimum absolute atomic E-state index is 0.0194.